The Morgan fingerprint density at radius 1 is 1.25 bits per heavy atom. The molecule has 3 rings (SSSR count). The lowest BCUT2D eigenvalue weighted by molar-refractivity contribution is -0.172. The Hall–Kier alpha value is -1.13. The third kappa shape index (κ3) is 2.31. The van der Waals surface area contributed by atoms with Crippen molar-refractivity contribution in [3.63, 3.8) is 0 Å². The summed E-state index contributed by atoms with van der Waals surface area (Å²) in [6, 6.07) is 6.51. The zero-order valence-corrected chi connectivity index (χ0v) is 11.9. The first kappa shape index (κ1) is 13.8. The lowest BCUT2D eigenvalue weighted by atomic mass is 9.73. The van der Waals surface area contributed by atoms with Crippen molar-refractivity contribution in [1.29, 1.82) is 0 Å². The number of benzene rings is 1. The number of likely N-dealkylation sites (N-methyl/N-ethyl adjacent to an activating group) is 1. The molecular formula is C16H22FNO2. The molecule has 0 amide bonds. The van der Waals surface area contributed by atoms with Crippen LogP contribution in [-0.4, -0.2) is 36.5 Å². The highest BCUT2D eigenvalue weighted by molar-refractivity contribution is 5.47. The van der Waals surface area contributed by atoms with Gasteiger partial charge in [0.1, 0.15) is 11.4 Å². The average molecular weight is 279 g/mol. The topological polar surface area (TPSA) is 32.7 Å². The van der Waals surface area contributed by atoms with Crippen LogP contribution in [0.4, 0.5) is 10.1 Å². The van der Waals surface area contributed by atoms with Gasteiger partial charge in [0.15, 0.2) is 0 Å². The number of hydrogen-bond acceptors (Lipinski definition) is 3. The van der Waals surface area contributed by atoms with Crippen LogP contribution in [0.3, 0.4) is 0 Å². The third-order valence-corrected chi connectivity index (χ3v) is 4.82. The predicted octanol–water partition coefficient (Wildman–Crippen LogP) is 2.72. The summed E-state index contributed by atoms with van der Waals surface area (Å²) in [7, 11) is 1.98. The van der Waals surface area contributed by atoms with Crippen molar-refractivity contribution in [2.24, 2.45) is 0 Å². The van der Waals surface area contributed by atoms with Crippen LogP contribution in [-0.2, 0) is 4.74 Å². The lowest BCUT2D eigenvalue weighted by Gasteiger charge is -2.51. The fourth-order valence-electron chi connectivity index (χ4n) is 3.73. The van der Waals surface area contributed by atoms with Gasteiger partial charge in [-0.15, -0.1) is 0 Å². The van der Waals surface area contributed by atoms with E-state index in [-0.39, 0.29) is 18.0 Å². The monoisotopic (exact) mass is 279 g/mol. The van der Waals surface area contributed by atoms with Gasteiger partial charge in [0.25, 0.3) is 0 Å². The highest BCUT2D eigenvalue weighted by Gasteiger charge is 2.50. The van der Waals surface area contributed by atoms with E-state index >= 15 is 0 Å². The Labute approximate surface area is 119 Å². The van der Waals surface area contributed by atoms with Crippen LogP contribution < -0.4 is 4.90 Å². The third-order valence-electron chi connectivity index (χ3n) is 4.82. The Kier molecular flexibility index (Phi) is 3.69. The van der Waals surface area contributed by atoms with Gasteiger partial charge in [-0.2, -0.15) is 0 Å². The summed E-state index contributed by atoms with van der Waals surface area (Å²) in [5, 5.41) is 11.1. The number of rotatable bonds is 2. The molecule has 1 aromatic rings. The molecule has 2 fully saturated rings. The van der Waals surface area contributed by atoms with Crippen LogP contribution in [0.25, 0.3) is 0 Å². The molecule has 0 radical (unpaired) electrons. The first-order chi connectivity index (χ1) is 9.61. The summed E-state index contributed by atoms with van der Waals surface area (Å²) >= 11 is 0. The number of hydrogen-bond donors (Lipinski definition) is 1. The Morgan fingerprint density at radius 3 is 2.75 bits per heavy atom. The minimum absolute atomic E-state index is 0.0343. The van der Waals surface area contributed by atoms with Crippen molar-refractivity contribution < 1.29 is 14.2 Å². The smallest absolute Gasteiger partial charge is 0.123 e. The Bertz CT molecular complexity index is 462. The van der Waals surface area contributed by atoms with E-state index in [0.717, 1.165) is 44.4 Å². The van der Waals surface area contributed by atoms with Gasteiger partial charge in [-0.1, -0.05) is 0 Å². The number of fused-ring (bicyclic) bond motifs is 1. The summed E-state index contributed by atoms with van der Waals surface area (Å²) in [4.78, 5) is 2.08. The van der Waals surface area contributed by atoms with Gasteiger partial charge in [0.2, 0.25) is 0 Å². The van der Waals surface area contributed by atoms with Gasteiger partial charge < -0.3 is 14.7 Å². The second-order valence-corrected chi connectivity index (χ2v) is 5.99. The molecule has 0 bridgehead atoms. The highest BCUT2D eigenvalue weighted by Crippen LogP contribution is 2.40. The van der Waals surface area contributed by atoms with Crippen LogP contribution in [0.2, 0.25) is 0 Å². The van der Waals surface area contributed by atoms with Crippen LogP contribution in [0.1, 0.15) is 32.1 Å². The van der Waals surface area contributed by atoms with Crippen molar-refractivity contribution >= 4 is 5.69 Å². The van der Waals surface area contributed by atoms with E-state index in [2.05, 4.69) is 4.90 Å². The fourth-order valence-corrected chi connectivity index (χ4v) is 3.73. The molecule has 1 aliphatic carbocycles. The van der Waals surface area contributed by atoms with E-state index in [1.807, 2.05) is 7.05 Å². The molecule has 1 aromatic carbocycles. The molecule has 1 aliphatic heterocycles. The lowest BCUT2D eigenvalue weighted by Crippen LogP contribution is -2.63. The fraction of sp³-hybridized carbons (Fsp3) is 0.625. The summed E-state index contributed by atoms with van der Waals surface area (Å²) in [6.45, 7) is 0.750. The second-order valence-electron chi connectivity index (χ2n) is 5.99. The minimum atomic E-state index is -0.778. The summed E-state index contributed by atoms with van der Waals surface area (Å²) in [6.07, 6.45) is 4.57. The molecule has 1 heterocycles. The van der Waals surface area contributed by atoms with Crippen molar-refractivity contribution in [3.8, 4) is 0 Å². The molecule has 3 atom stereocenters. The first-order valence-corrected chi connectivity index (χ1v) is 7.43. The Balaban J connectivity index is 1.85. The van der Waals surface area contributed by atoms with Crippen LogP contribution in [0.5, 0.6) is 0 Å². The largest absolute Gasteiger partial charge is 0.385 e. The number of ether oxygens (including phenoxy) is 1. The number of halogens is 1. The van der Waals surface area contributed by atoms with Crippen molar-refractivity contribution in [2.45, 2.75) is 49.9 Å². The maximum Gasteiger partial charge on any atom is 0.123 e. The van der Waals surface area contributed by atoms with Gasteiger partial charge in [0, 0.05) is 19.3 Å². The number of anilines is 1. The SMILES string of the molecule is CN(c1ccc(F)cc1)[C@@H]1CCC[C@H]2OCCC[C@@]21O. The molecule has 0 aromatic heterocycles. The van der Waals surface area contributed by atoms with E-state index in [4.69, 9.17) is 4.74 Å². The van der Waals surface area contributed by atoms with Gasteiger partial charge in [-0.3, -0.25) is 0 Å². The van der Waals surface area contributed by atoms with Gasteiger partial charge in [-0.05, 0) is 56.4 Å². The molecule has 1 saturated carbocycles. The zero-order valence-electron chi connectivity index (χ0n) is 11.9. The van der Waals surface area contributed by atoms with Gasteiger partial charge in [-0.25, -0.2) is 4.39 Å². The molecule has 1 N–H and O–H groups in total. The summed E-state index contributed by atoms with van der Waals surface area (Å²) in [5.74, 6) is -0.233. The standard InChI is InChI=1S/C16H22FNO2/c1-18(13-8-6-12(17)7-9-13)14-4-2-5-15-16(14,19)10-3-11-20-15/h6-9,14-15,19H,2-5,10-11H2,1H3/t14-,15-,16+/m1/s1. The number of nitrogens with zero attached hydrogens (tertiary/aromatic N) is 1. The molecule has 110 valence electrons. The first-order valence-electron chi connectivity index (χ1n) is 7.43. The maximum atomic E-state index is 13.0. The minimum Gasteiger partial charge on any atom is -0.385 e. The molecule has 2 aliphatic rings. The van der Waals surface area contributed by atoms with Crippen LogP contribution in [0, 0.1) is 5.82 Å². The normalized spacial score (nSPS) is 33.5. The molecular weight excluding hydrogens is 257 g/mol. The molecule has 4 heteroatoms. The van der Waals surface area contributed by atoms with Crippen molar-refractivity contribution in [1.82, 2.24) is 0 Å². The van der Waals surface area contributed by atoms with Gasteiger partial charge in [0.05, 0.1) is 12.1 Å². The highest BCUT2D eigenvalue weighted by atomic mass is 19.1. The van der Waals surface area contributed by atoms with Crippen LogP contribution >= 0.6 is 0 Å². The maximum absolute atomic E-state index is 13.0. The van der Waals surface area contributed by atoms with E-state index in [0.29, 0.717) is 0 Å². The Morgan fingerprint density at radius 2 is 2.00 bits per heavy atom. The molecule has 1 saturated heterocycles. The molecule has 0 unspecified atom stereocenters. The zero-order chi connectivity index (χ0) is 14.2. The van der Waals surface area contributed by atoms with Gasteiger partial charge >= 0.3 is 0 Å². The molecule has 20 heavy (non-hydrogen) atoms. The van der Waals surface area contributed by atoms with Crippen LogP contribution in [0.15, 0.2) is 24.3 Å². The van der Waals surface area contributed by atoms with E-state index < -0.39 is 5.60 Å². The van der Waals surface area contributed by atoms with E-state index in [1.165, 1.54) is 12.1 Å². The summed E-state index contributed by atoms with van der Waals surface area (Å²) < 4.78 is 18.8. The van der Waals surface area contributed by atoms with E-state index in [9.17, 15) is 9.50 Å². The van der Waals surface area contributed by atoms with Crippen molar-refractivity contribution in [2.75, 3.05) is 18.6 Å². The van der Waals surface area contributed by atoms with Crippen molar-refractivity contribution in [3.05, 3.63) is 30.1 Å². The molecule has 0 spiro atoms. The number of aliphatic hydroxyl groups is 1. The van der Waals surface area contributed by atoms with E-state index in [1.54, 1.807) is 12.1 Å². The molecule has 3 nitrogen and oxygen atoms in total. The predicted molar refractivity (Wildman–Crippen MR) is 76.4 cm³/mol. The average Bonchev–Trinajstić information content (AvgIpc) is 2.46. The summed E-state index contributed by atoms with van der Waals surface area (Å²) in [5.41, 5.74) is 0.163. The quantitative estimate of drug-likeness (QED) is 0.903. The second kappa shape index (κ2) is 5.34.